The second kappa shape index (κ2) is 6.06. The number of benzene rings is 1. The number of aryl methyl sites for hydroxylation is 3. The molecule has 0 atom stereocenters. The Hall–Kier alpha value is -1.55. The van der Waals surface area contributed by atoms with Crippen LogP contribution in [0.4, 0.5) is 11.6 Å². The fourth-order valence-electron chi connectivity index (χ4n) is 2.49. The Kier molecular flexibility index (Phi) is 4.57. The van der Waals surface area contributed by atoms with Crippen LogP contribution in [-0.4, -0.2) is 23.3 Å². The Labute approximate surface area is 131 Å². The van der Waals surface area contributed by atoms with E-state index in [0.29, 0.717) is 0 Å². The van der Waals surface area contributed by atoms with Crippen molar-refractivity contribution in [2.45, 2.75) is 39.6 Å². The molecule has 1 aromatic heterocycles. The highest BCUT2D eigenvalue weighted by atomic mass is 32.2. The van der Waals surface area contributed by atoms with E-state index in [1.165, 1.54) is 22.4 Å². The molecule has 0 aliphatic rings. The summed E-state index contributed by atoms with van der Waals surface area (Å²) in [5, 5.41) is 1.05. The summed E-state index contributed by atoms with van der Waals surface area (Å²) in [4.78, 5) is 11.5. The van der Waals surface area contributed by atoms with E-state index < -0.39 is 0 Å². The maximum absolute atomic E-state index is 4.72. The van der Waals surface area contributed by atoms with E-state index in [9.17, 15) is 0 Å². The molecule has 21 heavy (non-hydrogen) atoms. The van der Waals surface area contributed by atoms with Gasteiger partial charge in [0.25, 0.3) is 0 Å². The van der Waals surface area contributed by atoms with E-state index in [-0.39, 0.29) is 0 Å². The monoisotopic (exact) mass is 301 g/mol. The molecule has 0 spiro atoms. The summed E-state index contributed by atoms with van der Waals surface area (Å²) < 4.78 is 0. The molecule has 0 saturated carbocycles. The Morgan fingerprint density at radius 1 is 0.905 bits per heavy atom. The van der Waals surface area contributed by atoms with Crippen molar-refractivity contribution in [1.82, 2.24) is 9.97 Å². The quantitative estimate of drug-likeness (QED) is 0.616. The highest BCUT2D eigenvalue weighted by molar-refractivity contribution is 7.98. The molecule has 0 fully saturated rings. The molecule has 2 rings (SSSR count). The van der Waals surface area contributed by atoms with Crippen LogP contribution in [0.25, 0.3) is 0 Å². The summed E-state index contributed by atoms with van der Waals surface area (Å²) in [5.41, 5.74) is 7.22. The summed E-state index contributed by atoms with van der Waals surface area (Å²) in [7, 11) is 2.04. The van der Waals surface area contributed by atoms with Crippen molar-refractivity contribution in [3.8, 4) is 0 Å². The molecule has 0 bridgehead atoms. The molecule has 3 nitrogen and oxygen atoms in total. The lowest BCUT2D eigenvalue weighted by molar-refractivity contribution is 0.921. The number of anilines is 2. The van der Waals surface area contributed by atoms with Crippen molar-refractivity contribution in [1.29, 1.82) is 0 Å². The minimum atomic E-state index is 0.763. The van der Waals surface area contributed by atoms with Crippen LogP contribution in [0.2, 0.25) is 0 Å². The summed E-state index contributed by atoms with van der Waals surface area (Å²) in [6.45, 7) is 10.6. The third-order valence-electron chi connectivity index (χ3n) is 4.07. The van der Waals surface area contributed by atoms with Crippen LogP contribution in [0, 0.1) is 34.6 Å². The molecule has 2 aromatic rings. The van der Waals surface area contributed by atoms with E-state index in [4.69, 9.17) is 4.98 Å². The molecule has 0 aliphatic heterocycles. The van der Waals surface area contributed by atoms with Crippen molar-refractivity contribution in [2.24, 2.45) is 0 Å². The molecule has 1 heterocycles. The van der Waals surface area contributed by atoms with Gasteiger partial charge in [0.2, 0.25) is 5.95 Å². The number of aromatic nitrogens is 2. The third-order valence-corrected chi connectivity index (χ3v) is 4.85. The molecule has 112 valence electrons. The summed E-state index contributed by atoms with van der Waals surface area (Å²) in [5.74, 6) is 0.763. The lowest BCUT2D eigenvalue weighted by atomic mass is 10.0. The van der Waals surface area contributed by atoms with E-state index in [1.54, 1.807) is 11.8 Å². The first-order valence-corrected chi connectivity index (χ1v) is 8.29. The van der Waals surface area contributed by atoms with Gasteiger partial charge in [-0.15, -0.1) is 11.8 Å². The van der Waals surface area contributed by atoms with Crippen molar-refractivity contribution < 1.29 is 0 Å². The Bertz CT molecular complexity index is 680. The molecule has 0 radical (unpaired) electrons. The predicted molar refractivity (Wildman–Crippen MR) is 92.0 cm³/mol. The van der Waals surface area contributed by atoms with Crippen molar-refractivity contribution in [3.05, 3.63) is 40.1 Å². The van der Waals surface area contributed by atoms with Gasteiger partial charge in [-0.2, -0.15) is 0 Å². The lowest BCUT2D eigenvalue weighted by Gasteiger charge is -2.24. The lowest BCUT2D eigenvalue weighted by Crippen LogP contribution is -2.17. The highest BCUT2D eigenvalue weighted by Gasteiger charge is 2.16. The van der Waals surface area contributed by atoms with Crippen molar-refractivity contribution in [3.63, 3.8) is 0 Å². The van der Waals surface area contributed by atoms with Crippen LogP contribution in [0.3, 0.4) is 0 Å². The molecule has 1 aromatic carbocycles. The minimum absolute atomic E-state index is 0.763. The van der Waals surface area contributed by atoms with Crippen LogP contribution < -0.4 is 4.90 Å². The number of thioether (sulfide) groups is 1. The maximum atomic E-state index is 4.72. The van der Waals surface area contributed by atoms with Gasteiger partial charge in [0.1, 0.15) is 5.03 Å². The summed E-state index contributed by atoms with van der Waals surface area (Å²) >= 11 is 1.67. The van der Waals surface area contributed by atoms with Crippen molar-refractivity contribution >= 4 is 23.4 Å². The fraction of sp³-hybridized carbons (Fsp3) is 0.412. The molecular formula is C17H23N3S. The van der Waals surface area contributed by atoms with E-state index in [0.717, 1.165) is 22.2 Å². The maximum Gasteiger partial charge on any atom is 0.230 e. The van der Waals surface area contributed by atoms with Gasteiger partial charge >= 0.3 is 0 Å². The van der Waals surface area contributed by atoms with E-state index >= 15 is 0 Å². The Morgan fingerprint density at radius 2 is 1.52 bits per heavy atom. The average Bonchev–Trinajstić information content (AvgIpc) is 2.46. The average molecular weight is 301 g/mol. The number of nitrogens with zero attached hydrogens (tertiary/aromatic N) is 3. The molecule has 0 amide bonds. The number of hydrogen-bond acceptors (Lipinski definition) is 4. The fourth-order valence-corrected chi connectivity index (χ4v) is 3.12. The van der Waals surface area contributed by atoms with Gasteiger partial charge in [-0.05, 0) is 57.6 Å². The third kappa shape index (κ3) is 2.91. The second-order valence-corrected chi connectivity index (χ2v) is 6.27. The summed E-state index contributed by atoms with van der Waals surface area (Å²) in [6.07, 6.45) is 2.06. The smallest absolute Gasteiger partial charge is 0.230 e. The SMILES string of the molecule is CSc1nc(N(C)c2c(C)ccc(C)c2C)nc(C)c1C. The zero-order valence-corrected chi connectivity index (χ0v) is 14.7. The minimum Gasteiger partial charge on any atom is -0.313 e. The molecule has 0 aliphatic carbocycles. The van der Waals surface area contributed by atoms with E-state index in [1.807, 2.05) is 14.0 Å². The second-order valence-electron chi connectivity index (χ2n) is 5.48. The van der Waals surface area contributed by atoms with Crippen LogP contribution in [0.15, 0.2) is 17.2 Å². The molecule has 0 saturated heterocycles. The normalized spacial score (nSPS) is 10.8. The van der Waals surface area contributed by atoms with Gasteiger partial charge < -0.3 is 4.90 Å². The largest absolute Gasteiger partial charge is 0.313 e. The first-order chi connectivity index (χ1) is 9.86. The van der Waals surface area contributed by atoms with Gasteiger partial charge in [0, 0.05) is 24.0 Å². The standard InChI is InChI=1S/C17H23N3S/c1-10-8-9-11(2)15(12(10)3)20(6)17-18-14(5)13(4)16(19-17)21-7/h8-9H,1-7H3. The van der Waals surface area contributed by atoms with Gasteiger partial charge in [-0.3, -0.25) is 0 Å². The molecule has 0 unspecified atom stereocenters. The number of hydrogen-bond donors (Lipinski definition) is 0. The predicted octanol–water partition coefficient (Wildman–Crippen LogP) is 4.51. The van der Waals surface area contributed by atoms with Crippen molar-refractivity contribution in [2.75, 3.05) is 18.2 Å². The molecular weight excluding hydrogens is 278 g/mol. The first-order valence-electron chi connectivity index (χ1n) is 7.06. The van der Waals surface area contributed by atoms with E-state index in [2.05, 4.69) is 56.0 Å². The van der Waals surface area contributed by atoms with Gasteiger partial charge in [0.05, 0.1) is 0 Å². The van der Waals surface area contributed by atoms with Crippen LogP contribution in [0.1, 0.15) is 27.9 Å². The summed E-state index contributed by atoms with van der Waals surface area (Å²) in [6, 6.07) is 4.32. The highest BCUT2D eigenvalue weighted by Crippen LogP contribution is 2.31. The Morgan fingerprint density at radius 3 is 2.14 bits per heavy atom. The van der Waals surface area contributed by atoms with Crippen LogP contribution in [0.5, 0.6) is 0 Å². The molecule has 0 N–H and O–H groups in total. The zero-order valence-electron chi connectivity index (χ0n) is 13.9. The first kappa shape index (κ1) is 15.8. The Balaban J connectivity index is 2.58. The van der Waals surface area contributed by atoms with Crippen LogP contribution >= 0.6 is 11.8 Å². The van der Waals surface area contributed by atoms with Crippen LogP contribution in [-0.2, 0) is 0 Å². The molecule has 4 heteroatoms. The number of rotatable bonds is 3. The topological polar surface area (TPSA) is 29.0 Å². The zero-order chi connectivity index (χ0) is 15.7. The van der Waals surface area contributed by atoms with Gasteiger partial charge in [0.15, 0.2) is 0 Å². The van der Waals surface area contributed by atoms with Gasteiger partial charge in [-0.25, -0.2) is 9.97 Å². The van der Waals surface area contributed by atoms with Gasteiger partial charge in [-0.1, -0.05) is 12.1 Å².